The number of hydrogen-bond acceptors (Lipinski definition) is 19. The molecule has 2 N–H and O–H groups in total. The number of likely N-dealkylation sites (N-methyl/N-ethyl adjacent to an activating group) is 1. The number of carbonyl (C=O) groups is 6. The van der Waals surface area contributed by atoms with Crippen LogP contribution in [0.15, 0.2) is 168 Å². The van der Waals surface area contributed by atoms with Gasteiger partial charge in [0, 0.05) is 42.8 Å². The molecule has 24 nitrogen and oxygen atoms in total. The first-order valence-electron chi connectivity index (χ1n) is 48.1. The molecular formula is C102H145N9O15S4. The van der Waals surface area contributed by atoms with Crippen LogP contribution >= 0.6 is 23.5 Å². The monoisotopic (exact) mass is 1860 g/mol. The summed E-state index contributed by atoms with van der Waals surface area (Å²) in [7, 11) is -4.20. The lowest BCUT2D eigenvalue weighted by atomic mass is 10.0. The van der Waals surface area contributed by atoms with Gasteiger partial charge in [-0.05, 0) is 149 Å². The molecule has 3 atom stereocenters. The Bertz CT molecular complexity index is 4890. The second-order valence-electron chi connectivity index (χ2n) is 35.1. The Labute approximate surface area is 784 Å². The van der Waals surface area contributed by atoms with Crippen molar-refractivity contribution in [2.75, 3.05) is 64.0 Å². The van der Waals surface area contributed by atoms with E-state index in [0.29, 0.717) is 54.5 Å². The SMILES string of the molecule is CCCCCCCCCCCCCCCCCCN1C(C(C(=O)Nc2cc(C)ccc2SCCCOc2ccc(OC)cc2)N2C(=O)C(OC)N(C)C2=O)=Nc2ccccc2S1(=O)=O.CCCCCCCCCCCCCCCCCCN1C(C(C(=O)Nc2ccccc2Sc2cc(C)ccc2OCCCCCCCC)N2C(=O)OC(C)(C)C2=O)=Nc2ccccc2S1(=O)=O. The van der Waals surface area contributed by atoms with Gasteiger partial charge in [0.25, 0.3) is 43.7 Å². The van der Waals surface area contributed by atoms with Crippen LogP contribution in [0, 0.1) is 13.8 Å². The minimum Gasteiger partial charge on any atom is -0.497 e. The van der Waals surface area contributed by atoms with Gasteiger partial charge < -0.3 is 34.3 Å². The number of amides is 7. The molecule has 6 aromatic rings. The third-order valence-corrected chi connectivity index (χ3v) is 30.0. The summed E-state index contributed by atoms with van der Waals surface area (Å²) in [6.45, 7) is 14.6. The Morgan fingerprint density at radius 1 is 0.462 bits per heavy atom. The van der Waals surface area contributed by atoms with E-state index in [4.69, 9.17) is 33.7 Å². The summed E-state index contributed by atoms with van der Waals surface area (Å²) >= 11 is 2.94. The third-order valence-electron chi connectivity index (χ3n) is 24.1. The molecule has 3 unspecified atom stereocenters. The van der Waals surface area contributed by atoms with Crippen LogP contribution < -0.4 is 24.8 Å². The number of urea groups is 1. The van der Waals surface area contributed by atoms with Crippen LogP contribution in [0.25, 0.3) is 0 Å². The minimum absolute atomic E-state index is 0.00512. The fourth-order valence-electron chi connectivity index (χ4n) is 16.6. The number of nitrogens with zero attached hydrogens (tertiary/aromatic N) is 7. The number of amidine groups is 2. The van der Waals surface area contributed by atoms with Gasteiger partial charge in [0.1, 0.15) is 27.0 Å². The molecule has 4 aliphatic rings. The standard InChI is InChI=1S/C53H76N4O7S2.C49H69N5O8S2/c1-6-8-10-12-14-15-16-17-18-19-20-21-22-23-24-30-38-56-49(54-43-33-27-29-35-47(43)66(56,61)62)48(57-51(59)53(4,5)64-52(57)60)50(58)55-42-32-26-28-34-45(42)65-46-40-41(3)36-37-44(46)63-39-31-25-13-11-9-7-2;1-6-7-8-9-10-11-12-13-14-15-16-17-18-19-20-23-33-53-45(50-40-25-21-22-26-43(40)64(53,58)59)44(54-47(56)48(61-5)52(3)49(54)57)46(55)51-41-36-37(2)27-32-42(41)63-35-24-34-62-39-30-28-38(60-4)29-31-39/h26-29,32-37,40,48H,6-25,30-31,38-39H2,1-5H3,(H,55,58);21-22,25-32,36,44,48H,6-20,23-24,33-35H2,1-5H3,(H,51,55). The molecule has 0 aromatic heterocycles. The van der Waals surface area contributed by atoms with E-state index >= 15 is 0 Å². The van der Waals surface area contributed by atoms with Crippen molar-refractivity contribution in [1.29, 1.82) is 0 Å². The van der Waals surface area contributed by atoms with E-state index in [0.717, 1.165) is 126 Å². The number of hydrogen-bond donors (Lipinski definition) is 2. The van der Waals surface area contributed by atoms with E-state index in [9.17, 15) is 45.6 Å². The van der Waals surface area contributed by atoms with Crippen molar-refractivity contribution >= 4 is 114 Å². The predicted octanol–water partition coefficient (Wildman–Crippen LogP) is 24.7. The van der Waals surface area contributed by atoms with Crippen LogP contribution in [-0.4, -0.2) is 165 Å². The number of rotatable bonds is 60. The highest BCUT2D eigenvalue weighted by Crippen LogP contribution is 2.43. The molecule has 2 saturated heterocycles. The Morgan fingerprint density at radius 2 is 0.877 bits per heavy atom. The van der Waals surface area contributed by atoms with Gasteiger partial charge in [0.2, 0.25) is 6.23 Å². The van der Waals surface area contributed by atoms with Crippen molar-refractivity contribution in [1.82, 2.24) is 23.3 Å². The fraction of sp³-hybridized carbons (Fsp3) is 0.569. The lowest BCUT2D eigenvalue weighted by molar-refractivity contribution is -0.141. The number of methoxy groups -OCH3 is 2. The third kappa shape index (κ3) is 30.8. The van der Waals surface area contributed by atoms with Crippen molar-refractivity contribution in [3.8, 4) is 17.2 Å². The Balaban J connectivity index is 0.000000293. The number of fused-ring (bicyclic) bond motifs is 2. The van der Waals surface area contributed by atoms with E-state index in [1.54, 1.807) is 55.6 Å². The van der Waals surface area contributed by atoms with Crippen molar-refractivity contribution in [3.63, 3.8) is 0 Å². The number of carbonyl (C=O) groups excluding carboxylic acids is 6. The number of aliphatic imine (C=N–C) groups is 2. The zero-order valence-electron chi connectivity index (χ0n) is 78.9. The van der Waals surface area contributed by atoms with Crippen molar-refractivity contribution in [3.05, 3.63) is 145 Å². The predicted molar refractivity (Wildman–Crippen MR) is 523 cm³/mol. The normalized spacial score (nSPS) is 15.9. The molecule has 130 heavy (non-hydrogen) atoms. The molecule has 0 bridgehead atoms. The molecule has 4 aliphatic heterocycles. The number of benzene rings is 6. The minimum atomic E-state index is -4.26. The fourth-order valence-corrected chi connectivity index (χ4v) is 21.9. The maximum Gasteiger partial charge on any atom is 0.418 e. The number of aryl methyl sites for hydroxylation is 2. The molecule has 0 aliphatic carbocycles. The summed E-state index contributed by atoms with van der Waals surface area (Å²) in [5, 5.41) is 5.95. The molecule has 6 aromatic carbocycles. The molecule has 0 spiro atoms. The Morgan fingerprint density at radius 3 is 1.34 bits per heavy atom. The van der Waals surface area contributed by atoms with Crippen molar-refractivity contribution in [2.24, 2.45) is 9.98 Å². The van der Waals surface area contributed by atoms with Crippen molar-refractivity contribution in [2.45, 2.75) is 347 Å². The molecule has 4 heterocycles. The summed E-state index contributed by atoms with van der Waals surface area (Å²) in [4.78, 5) is 99.9. The summed E-state index contributed by atoms with van der Waals surface area (Å²) in [5.41, 5.74) is 1.42. The number of imide groups is 2. The number of ether oxygens (including phenoxy) is 5. The highest BCUT2D eigenvalue weighted by atomic mass is 32.2. The first kappa shape index (κ1) is 105. The van der Waals surface area contributed by atoms with E-state index in [2.05, 4.69) is 31.4 Å². The summed E-state index contributed by atoms with van der Waals surface area (Å²) in [6.07, 6.45) is 42.7. The number of anilines is 2. The van der Waals surface area contributed by atoms with E-state index < -0.39 is 79.7 Å². The maximum absolute atomic E-state index is 14.9. The topological polar surface area (TPSA) is 282 Å². The van der Waals surface area contributed by atoms with E-state index in [1.165, 1.54) is 231 Å². The lowest BCUT2D eigenvalue weighted by Crippen LogP contribution is -2.59. The van der Waals surface area contributed by atoms with Crippen LogP contribution in [0.3, 0.4) is 0 Å². The molecule has 10 rings (SSSR count). The Kier molecular flexibility index (Phi) is 44.2. The van der Waals surface area contributed by atoms with Crippen LogP contribution in [0.2, 0.25) is 0 Å². The zero-order valence-corrected chi connectivity index (χ0v) is 82.2. The molecule has 28 heteroatoms. The van der Waals surface area contributed by atoms with Gasteiger partial charge in [-0.1, -0.05) is 306 Å². The van der Waals surface area contributed by atoms with Gasteiger partial charge in [0.15, 0.2) is 29.4 Å². The van der Waals surface area contributed by atoms with Gasteiger partial charge in [-0.25, -0.2) is 46.2 Å². The largest absolute Gasteiger partial charge is 0.497 e. The number of nitrogens with one attached hydrogen (secondary N) is 2. The summed E-state index contributed by atoms with van der Waals surface area (Å²) in [6, 6.07) is 34.6. The molecule has 2 fully saturated rings. The van der Waals surface area contributed by atoms with Gasteiger partial charge in [0.05, 0.1) is 48.0 Å². The van der Waals surface area contributed by atoms with Gasteiger partial charge in [-0.2, -0.15) is 0 Å². The average molecular weight is 1870 g/mol. The Hall–Kier alpha value is -8.96. The van der Waals surface area contributed by atoms with Crippen LogP contribution in [-0.2, 0) is 48.7 Å². The highest BCUT2D eigenvalue weighted by Gasteiger charge is 2.57. The zero-order chi connectivity index (χ0) is 93.3. The van der Waals surface area contributed by atoms with E-state index in [1.807, 2.05) is 86.6 Å². The van der Waals surface area contributed by atoms with E-state index in [-0.39, 0.29) is 45.9 Å². The van der Waals surface area contributed by atoms with Crippen LogP contribution in [0.5, 0.6) is 17.2 Å². The van der Waals surface area contributed by atoms with Gasteiger partial charge in [-0.3, -0.25) is 32.7 Å². The summed E-state index contributed by atoms with van der Waals surface area (Å²) < 4.78 is 88.7. The number of cyclic esters (lactones) is 1. The molecule has 712 valence electrons. The number of unbranched alkanes of at least 4 members (excludes halogenated alkanes) is 35. The van der Waals surface area contributed by atoms with Gasteiger partial charge >= 0.3 is 12.1 Å². The second kappa shape index (κ2) is 54.9. The molecule has 0 radical (unpaired) electrons. The summed E-state index contributed by atoms with van der Waals surface area (Å²) in [5.74, 6) is -0.756. The molecular weight excluding hydrogens is 1720 g/mol. The van der Waals surface area contributed by atoms with Crippen molar-refractivity contribution < 1.29 is 69.3 Å². The van der Waals surface area contributed by atoms with Crippen LogP contribution in [0.1, 0.15) is 296 Å². The lowest BCUT2D eigenvalue weighted by Gasteiger charge is -2.35. The second-order valence-corrected chi connectivity index (χ2v) is 40.9. The maximum atomic E-state index is 14.9. The highest BCUT2D eigenvalue weighted by molar-refractivity contribution is 7.99. The average Bonchev–Trinajstić information content (AvgIpc) is 1.09. The first-order chi connectivity index (χ1) is 62.9. The van der Waals surface area contributed by atoms with Crippen LogP contribution in [0.4, 0.5) is 32.3 Å². The molecule has 0 saturated carbocycles. The first-order valence-corrected chi connectivity index (χ1v) is 52.8. The smallest absolute Gasteiger partial charge is 0.418 e. The number of thioether (sulfide) groups is 1. The number of sulfonamides is 2. The quantitative estimate of drug-likeness (QED) is 0.0204. The van der Waals surface area contributed by atoms with Gasteiger partial charge in [-0.15, -0.1) is 11.8 Å². The molecule has 7 amide bonds. The number of para-hydroxylation sites is 3.